The van der Waals surface area contributed by atoms with Crippen molar-refractivity contribution in [1.82, 2.24) is 19.6 Å². The predicted molar refractivity (Wildman–Crippen MR) is 85.7 cm³/mol. The maximum absolute atomic E-state index is 13.2. The van der Waals surface area contributed by atoms with Crippen molar-refractivity contribution in [3.8, 4) is 0 Å². The number of hydrogen-bond acceptors (Lipinski definition) is 3. The molecule has 0 atom stereocenters. The summed E-state index contributed by atoms with van der Waals surface area (Å²) in [6.45, 7) is 3.10. The van der Waals surface area contributed by atoms with Gasteiger partial charge in [0.15, 0.2) is 5.69 Å². The fraction of sp³-hybridized carbons (Fsp3) is 0.353. The van der Waals surface area contributed by atoms with E-state index in [0.29, 0.717) is 25.3 Å². The lowest BCUT2D eigenvalue weighted by Crippen LogP contribution is -2.51. The smallest absolute Gasteiger partial charge is 0.274 e. The quantitative estimate of drug-likeness (QED) is 0.854. The number of aryl methyl sites for hydroxylation is 2. The highest BCUT2D eigenvalue weighted by atomic mass is 19.1. The zero-order valence-corrected chi connectivity index (χ0v) is 13.7. The van der Waals surface area contributed by atoms with Gasteiger partial charge < -0.3 is 9.80 Å². The van der Waals surface area contributed by atoms with Gasteiger partial charge in [0.1, 0.15) is 12.4 Å². The summed E-state index contributed by atoms with van der Waals surface area (Å²) in [5.74, 6) is -0.705. The molecule has 0 radical (unpaired) electrons. The van der Waals surface area contributed by atoms with Gasteiger partial charge in [0, 0.05) is 32.4 Å². The molecule has 2 heterocycles. The van der Waals surface area contributed by atoms with E-state index in [1.165, 1.54) is 17.0 Å². The number of benzene rings is 1. The summed E-state index contributed by atoms with van der Waals surface area (Å²) < 4.78 is 14.9. The van der Waals surface area contributed by atoms with Crippen LogP contribution in [-0.2, 0) is 18.4 Å². The van der Waals surface area contributed by atoms with Crippen molar-refractivity contribution < 1.29 is 14.0 Å². The number of carbonyl (C=O) groups is 2. The van der Waals surface area contributed by atoms with E-state index in [1.807, 2.05) is 6.92 Å². The molecule has 1 saturated heterocycles. The van der Waals surface area contributed by atoms with Crippen LogP contribution in [0.15, 0.2) is 30.3 Å². The van der Waals surface area contributed by atoms with Crippen molar-refractivity contribution in [2.75, 3.05) is 19.6 Å². The maximum Gasteiger partial charge on any atom is 0.274 e. The summed E-state index contributed by atoms with van der Waals surface area (Å²) >= 11 is 0. The van der Waals surface area contributed by atoms with Crippen molar-refractivity contribution in [2.45, 2.75) is 13.5 Å². The number of aromatic nitrogens is 2. The standard InChI is InChI=1S/C17H19FN4O2/c1-12-8-15(19-20(12)2)17(24)22-7-6-21(16(23)11-22)10-13-4-3-5-14(18)9-13/h3-5,8-9H,6-7,10-11H2,1-2H3. The van der Waals surface area contributed by atoms with Crippen LogP contribution in [0.25, 0.3) is 0 Å². The first kappa shape index (κ1) is 16.2. The molecule has 1 aliphatic heterocycles. The normalized spacial score (nSPS) is 15.0. The van der Waals surface area contributed by atoms with Crippen LogP contribution in [-0.4, -0.2) is 51.0 Å². The molecule has 24 heavy (non-hydrogen) atoms. The van der Waals surface area contributed by atoms with Crippen molar-refractivity contribution in [3.63, 3.8) is 0 Å². The van der Waals surface area contributed by atoms with Crippen molar-refractivity contribution in [1.29, 1.82) is 0 Å². The van der Waals surface area contributed by atoms with Crippen LogP contribution in [0.2, 0.25) is 0 Å². The fourth-order valence-electron chi connectivity index (χ4n) is 2.73. The summed E-state index contributed by atoms with van der Waals surface area (Å²) in [6.07, 6.45) is 0. The first-order chi connectivity index (χ1) is 11.4. The zero-order chi connectivity index (χ0) is 17.3. The second-order valence-electron chi connectivity index (χ2n) is 5.97. The van der Waals surface area contributed by atoms with Gasteiger partial charge in [-0.25, -0.2) is 4.39 Å². The lowest BCUT2D eigenvalue weighted by Gasteiger charge is -2.34. The van der Waals surface area contributed by atoms with E-state index >= 15 is 0 Å². The number of carbonyl (C=O) groups excluding carboxylic acids is 2. The molecule has 0 N–H and O–H groups in total. The predicted octanol–water partition coefficient (Wildman–Crippen LogP) is 1.35. The van der Waals surface area contributed by atoms with E-state index in [2.05, 4.69) is 5.10 Å². The van der Waals surface area contributed by atoms with Gasteiger partial charge in [-0.3, -0.25) is 14.3 Å². The molecule has 0 spiro atoms. The van der Waals surface area contributed by atoms with Gasteiger partial charge in [0.2, 0.25) is 5.91 Å². The summed E-state index contributed by atoms with van der Waals surface area (Å²) in [5, 5.41) is 4.17. The van der Waals surface area contributed by atoms with E-state index in [4.69, 9.17) is 0 Å². The zero-order valence-electron chi connectivity index (χ0n) is 13.7. The molecular weight excluding hydrogens is 311 g/mol. The molecule has 126 valence electrons. The number of piperazine rings is 1. The van der Waals surface area contributed by atoms with Crippen LogP contribution in [0.1, 0.15) is 21.7 Å². The SMILES string of the molecule is Cc1cc(C(=O)N2CCN(Cc3cccc(F)c3)C(=O)C2)nn1C. The average Bonchev–Trinajstić information content (AvgIpc) is 2.88. The highest BCUT2D eigenvalue weighted by Crippen LogP contribution is 2.13. The Labute approximate surface area is 139 Å². The highest BCUT2D eigenvalue weighted by molar-refractivity contribution is 5.95. The molecule has 0 bridgehead atoms. The molecule has 1 aromatic heterocycles. The van der Waals surface area contributed by atoms with E-state index in [0.717, 1.165) is 11.3 Å². The number of amides is 2. The van der Waals surface area contributed by atoms with E-state index in [1.54, 1.807) is 34.8 Å². The largest absolute Gasteiger partial charge is 0.335 e. The number of rotatable bonds is 3. The first-order valence-electron chi connectivity index (χ1n) is 7.76. The average molecular weight is 330 g/mol. The van der Waals surface area contributed by atoms with Crippen LogP contribution in [0.3, 0.4) is 0 Å². The Balaban J connectivity index is 1.64. The molecule has 1 aromatic carbocycles. The third-order valence-electron chi connectivity index (χ3n) is 4.20. The highest BCUT2D eigenvalue weighted by Gasteiger charge is 2.29. The molecule has 2 amide bonds. The molecule has 3 rings (SSSR count). The Kier molecular flexibility index (Phi) is 4.33. The Morgan fingerprint density at radius 1 is 1.29 bits per heavy atom. The molecule has 1 aliphatic rings. The lowest BCUT2D eigenvalue weighted by atomic mass is 10.2. The summed E-state index contributed by atoms with van der Waals surface area (Å²) in [7, 11) is 1.77. The summed E-state index contributed by atoms with van der Waals surface area (Å²) in [5.41, 5.74) is 1.97. The van der Waals surface area contributed by atoms with E-state index < -0.39 is 0 Å². The van der Waals surface area contributed by atoms with Gasteiger partial charge in [0.25, 0.3) is 5.91 Å². The van der Waals surface area contributed by atoms with Crippen molar-refractivity contribution >= 4 is 11.8 Å². The minimum Gasteiger partial charge on any atom is -0.335 e. The Hall–Kier alpha value is -2.70. The Morgan fingerprint density at radius 2 is 2.08 bits per heavy atom. The number of hydrogen-bond donors (Lipinski definition) is 0. The minimum absolute atomic E-state index is 0.0176. The van der Waals surface area contributed by atoms with Gasteiger partial charge in [-0.15, -0.1) is 0 Å². The van der Waals surface area contributed by atoms with Gasteiger partial charge in [-0.2, -0.15) is 5.10 Å². The third-order valence-corrected chi connectivity index (χ3v) is 4.20. The monoisotopic (exact) mass is 330 g/mol. The van der Waals surface area contributed by atoms with E-state index in [9.17, 15) is 14.0 Å². The molecule has 1 fully saturated rings. The van der Waals surface area contributed by atoms with Crippen LogP contribution >= 0.6 is 0 Å². The lowest BCUT2D eigenvalue weighted by molar-refractivity contribution is -0.135. The Bertz CT molecular complexity index is 767. The molecule has 7 heteroatoms. The molecule has 6 nitrogen and oxygen atoms in total. The topological polar surface area (TPSA) is 58.4 Å². The van der Waals surface area contributed by atoms with Gasteiger partial charge >= 0.3 is 0 Å². The van der Waals surface area contributed by atoms with Gasteiger partial charge in [-0.05, 0) is 30.7 Å². The summed E-state index contributed by atoms with van der Waals surface area (Å²) in [6, 6.07) is 7.91. The first-order valence-corrected chi connectivity index (χ1v) is 7.76. The van der Waals surface area contributed by atoms with Crippen molar-refractivity contribution in [3.05, 3.63) is 53.1 Å². The van der Waals surface area contributed by atoms with Crippen molar-refractivity contribution in [2.24, 2.45) is 7.05 Å². The van der Waals surface area contributed by atoms with Gasteiger partial charge in [0.05, 0.1) is 0 Å². The minimum atomic E-state index is -0.320. The third kappa shape index (κ3) is 3.29. The fourth-order valence-corrected chi connectivity index (χ4v) is 2.73. The van der Waals surface area contributed by atoms with Gasteiger partial charge in [-0.1, -0.05) is 12.1 Å². The van der Waals surface area contributed by atoms with Crippen LogP contribution in [0.5, 0.6) is 0 Å². The summed E-state index contributed by atoms with van der Waals surface area (Å²) in [4.78, 5) is 27.9. The molecule has 2 aromatic rings. The second-order valence-corrected chi connectivity index (χ2v) is 5.97. The van der Waals surface area contributed by atoms with E-state index in [-0.39, 0.29) is 24.2 Å². The van der Waals surface area contributed by atoms with Crippen LogP contribution in [0.4, 0.5) is 4.39 Å². The maximum atomic E-state index is 13.2. The van der Waals surface area contributed by atoms with Crippen LogP contribution in [0, 0.1) is 12.7 Å². The molecule has 0 unspecified atom stereocenters. The molecule has 0 saturated carbocycles. The second kappa shape index (κ2) is 6.43. The molecule has 0 aliphatic carbocycles. The number of nitrogens with zero attached hydrogens (tertiary/aromatic N) is 4. The Morgan fingerprint density at radius 3 is 2.71 bits per heavy atom. The van der Waals surface area contributed by atoms with Crippen LogP contribution < -0.4 is 0 Å². The number of halogens is 1. The molecular formula is C17H19FN4O2.